The first kappa shape index (κ1) is 17.2. The number of thiazole rings is 1. The quantitative estimate of drug-likeness (QED) is 0.717. The van der Waals surface area contributed by atoms with Crippen LogP contribution < -0.4 is 5.32 Å². The molecule has 0 aliphatic rings. The second kappa shape index (κ2) is 6.68. The maximum absolute atomic E-state index is 12.2. The van der Waals surface area contributed by atoms with Gasteiger partial charge < -0.3 is 5.32 Å². The molecule has 0 bridgehead atoms. The van der Waals surface area contributed by atoms with Crippen molar-refractivity contribution in [1.29, 1.82) is 0 Å². The molecule has 1 amide bonds. The SMILES string of the molecule is O=C(CS(=O)(=O)c1ccccc1)Nc1nc2c(Cl)ccc(Cl)c2s1. The number of carbonyl (C=O) groups excluding carboxylic acids is 1. The number of halogens is 2. The van der Waals surface area contributed by atoms with Crippen molar-refractivity contribution in [3.8, 4) is 0 Å². The van der Waals surface area contributed by atoms with E-state index in [1.807, 2.05) is 0 Å². The van der Waals surface area contributed by atoms with Crippen molar-refractivity contribution in [2.75, 3.05) is 11.1 Å². The number of amides is 1. The standard InChI is InChI=1S/C15H10Cl2N2O3S2/c16-10-6-7-11(17)14-13(10)19-15(23-14)18-12(20)8-24(21,22)9-4-2-1-3-5-9/h1-7H,8H2,(H,18,19,20). The summed E-state index contributed by atoms with van der Waals surface area (Å²) in [6.07, 6.45) is 0. The minimum atomic E-state index is -3.71. The summed E-state index contributed by atoms with van der Waals surface area (Å²) in [5.74, 6) is -1.35. The van der Waals surface area contributed by atoms with E-state index in [1.54, 1.807) is 30.3 Å². The van der Waals surface area contributed by atoms with E-state index >= 15 is 0 Å². The van der Waals surface area contributed by atoms with Gasteiger partial charge in [0.1, 0.15) is 11.3 Å². The summed E-state index contributed by atoms with van der Waals surface area (Å²) in [6, 6.07) is 11.0. The lowest BCUT2D eigenvalue weighted by Crippen LogP contribution is -2.22. The van der Waals surface area contributed by atoms with Gasteiger partial charge in [-0.25, -0.2) is 13.4 Å². The van der Waals surface area contributed by atoms with Crippen molar-refractivity contribution >= 4 is 65.6 Å². The number of nitrogens with one attached hydrogen (secondary N) is 1. The predicted octanol–water partition coefficient (Wildman–Crippen LogP) is 4.02. The molecule has 0 atom stereocenters. The van der Waals surface area contributed by atoms with Crippen molar-refractivity contribution < 1.29 is 13.2 Å². The van der Waals surface area contributed by atoms with Crippen LogP contribution in [0.1, 0.15) is 0 Å². The molecule has 3 aromatic rings. The lowest BCUT2D eigenvalue weighted by Gasteiger charge is -2.04. The van der Waals surface area contributed by atoms with E-state index < -0.39 is 21.5 Å². The van der Waals surface area contributed by atoms with Crippen molar-refractivity contribution in [3.63, 3.8) is 0 Å². The minimum absolute atomic E-state index is 0.0931. The molecular formula is C15H10Cl2N2O3S2. The Morgan fingerprint density at radius 2 is 1.75 bits per heavy atom. The van der Waals surface area contributed by atoms with Crippen LogP contribution in [0.4, 0.5) is 5.13 Å². The number of anilines is 1. The number of rotatable bonds is 4. The summed E-state index contributed by atoms with van der Waals surface area (Å²) in [6.45, 7) is 0. The van der Waals surface area contributed by atoms with Gasteiger partial charge in [0.05, 0.1) is 19.6 Å². The van der Waals surface area contributed by atoms with Gasteiger partial charge in [-0.1, -0.05) is 52.7 Å². The summed E-state index contributed by atoms with van der Waals surface area (Å²) < 4.78 is 25.0. The van der Waals surface area contributed by atoms with E-state index in [2.05, 4.69) is 10.3 Å². The zero-order chi connectivity index (χ0) is 17.3. The molecule has 124 valence electrons. The van der Waals surface area contributed by atoms with Crippen molar-refractivity contribution in [2.24, 2.45) is 0 Å². The fourth-order valence-electron chi connectivity index (χ4n) is 2.04. The molecule has 9 heteroatoms. The van der Waals surface area contributed by atoms with Gasteiger partial charge in [0.25, 0.3) is 0 Å². The number of carbonyl (C=O) groups is 1. The number of fused-ring (bicyclic) bond motifs is 1. The Bertz CT molecular complexity index is 979. The molecule has 24 heavy (non-hydrogen) atoms. The first-order chi connectivity index (χ1) is 11.4. The van der Waals surface area contributed by atoms with E-state index in [-0.39, 0.29) is 10.0 Å². The number of nitrogens with zero attached hydrogens (tertiary/aromatic N) is 1. The molecule has 5 nitrogen and oxygen atoms in total. The second-order valence-corrected chi connectivity index (χ2v) is 8.65. The van der Waals surface area contributed by atoms with Crippen molar-refractivity contribution in [3.05, 3.63) is 52.5 Å². The molecule has 0 saturated heterocycles. The topological polar surface area (TPSA) is 76.1 Å². The van der Waals surface area contributed by atoms with Crippen LogP contribution in [-0.2, 0) is 14.6 Å². The number of sulfone groups is 1. The van der Waals surface area contributed by atoms with Crippen LogP contribution in [0.3, 0.4) is 0 Å². The Kier molecular flexibility index (Phi) is 4.78. The molecule has 1 N–H and O–H groups in total. The number of hydrogen-bond donors (Lipinski definition) is 1. The maximum atomic E-state index is 12.2. The first-order valence-electron chi connectivity index (χ1n) is 6.69. The van der Waals surface area contributed by atoms with Gasteiger partial charge in [-0.15, -0.1) is 0 Å². The Balaban J connectivity index is 1.81. The number of hydrogen-bond acceptors (Lipinski definition) is 5. The molecule has 0 unspecified atom stereocenters. The zero-order valence-corrected chi connectivity index (χ0v) is 15.1. The van der Waals surface area contributed by atoms with Gasteiger partial charge in [0.2, 0.25) is 5.91 Å². The van der Waals surface area contributed by atoms with E-state index in [9.17, 15) is 13.2 Å². The van der Waals surface area contributed by atoms with Crippen LogP contribution in [0, 0.1) is 0 Å². The Morgan fingerprint density at radius 1 is 1.08 bits per heavy atom. The molecule has 1 aromatic heterocycles. The van der Waals surface area contributed by atoms with Gasteiger partial charge in [-0.2, -0.15) is 0 Å². The van der Waals surface area contributed by atoms with E-state index in [1.165, 1.54) is 12.1 Å². The molecule has 3 rings (SSSR count). The fraction of sp³-hybridized carbons (Fsp3) is 0.0667. The highest BCUT2D eigenvalue weighted by Gasteiger charge is 2.20. The molecule has 0 saturated carbocycles. The number of benzene rings is 2. The van der Waals surface area contributed by atoms with Gasteiger partial charge in [0, 0.05) is 0 Å². The molecular weight excluding hydrogens is 391 g/mol. The fourth-order valence-corrected chi connectivity index (χ4v) is 4.63. The third-order valence-corrected chi connectivity index (χ3v) is 6.48. The van der Waals surface area contributed by atoms with Crippen LogP contribution in [0.5, 0.6) is 0 Å². The Labute approximate surface area is 152 Å². The lowest BCUT2D eigenvalue weighted by atomic mass is 10.3. The zero-order valence-electron chi connectivity index (χ0n) is 12.0. The number of aromatic nitrogens is 1. The van der Waals surface area contributed by atoms with Gasteiger partial charge >= 0.3 is 0 Å². The van der Waals surface area contributed by atoms with Gasteiger partial charge in [0.15, 0.2) is 15.0 Å². The molecule has 2 aromatic carbocycles. The second-order valence-electron chi connectivity index (χ2n) is 4.85. The monoisotopic (exact) mass is 400 g/mol. The highest BCUT2D eigenvalue weighted by molar-refractivity contribution is 7.92. The van der Waals surface area contributed by atoms with Crippen molar-refractivity contribution in [2.45, 2.75) is 4.90 Å². The summed E-state index contributed by atoms with van der Waals surface area (Å²) >= 11 is 13.2. The van der Waals surface area contributed by atoms with E-state index in [0.717, 1.165) is 11.3 Å². The normalized spacial score (nSPS) is 11.6. The summed E-state index contributed by atoms with van der Waals surface area (Å²) in [5.41, 5.74) is 0.468. The molecule has 0 spiro atoms. The van der Waals surface area contributed by atoms with Crippen LogP contribution in [0.2, 0.25) is 10.0 Å². The molecule has 0 fully saturated rings. The van der Waals surface area contributed by atoms with Gasteiger partial charge in [-0.05, 0) is 24.3 Å². The molecule has 0 aliphatic carbocycles. The highest BCUT2D eigenvalue weighted by Crippen LogP contribution is 2.36. The average molecular weight is 401 g/mol. The van der Waals surface area contributed by atoms with Crippen LogP contribution in [0.25, 0.3) is 10.2 Å². The van der Waals surface area contributed by atoms with Crippen LogP contribution >= 0.6 is 34.5 Å². The summed E-state index contributed by atoms with van der Waals surface area (Å²) in [7, 11) is -3.71. The average Bonchev–Trinajstić information content (AvgIpc) is 2.96. The largest absolute Gasteiger partial charge is 0.301 e. The third-order valence-electron chi connectivity index (χ3n) is 3.12. The van der Waals surface area contributed by atoms with Crippen LogP contribution in [-0.4, -0.2) is 25.1 Å². The van der Waals surface area contributed by atoms with Crippen LogP contribution in [0.15, 0.2) is 47.4 Å². The predicted molar refractivity (Wildman–Crippen MR) is 96.8 cm³/mol. The molecule has 0 aliphatic heterocycles. The van der Waals surface area contributed by atoms with Crippen molar-refractivity contribution in [1.82, 2.24) is 4.98 Å². The Hall–Kier alpha value is -1.67. The summed E-state index contributed by atoms with van der Waals surface area (Å²) in [5, 5.41) is 3.60. The highest BCUT2D eigenvalue weighted by atomic mass is 35.5. The Morgan fingerprint density at radius 3 is 2.42 bits per heavy atom. The summed E-state index contributed by atoms with van der Waals surface area (Å²) in [4.78, 5) is 16.3. The molecule has 1 heterocycles. The lowest BCUT2D eigenvalue weighted by molar-refractivity contribution is -0.113. The molecule has 0 radical (unpaired) electrons. The maximum Gasteiger partial charge on any atom is 0.241 e. The van der Waals surface area contributed by atoms with E-state index in [4.69, 9.17) is 23.2 Å². The van der Waals surface area contributed by atoms with E-state index in [0.29, 0.717) is 20.3 Å². The third kappa shape index (κ3) is 3.54. The smallest absolute Gasteiger partial charge is 0.241 e. The first-order valence-corrected chi connectivity index (χ1v) is 9.91. The minimum Gasteiger partial charge on any atom is -0.301 e. The van der Waals surface area contributed by atoms with Gasteiger partial charge in [-0.3, -0.25) is 4.79 Å².